The van der Waals surface area contributed by atoms with Crippen molar-refractivity contribution in [2.75, 3.05) is 11.9 Å². The molecule has 0 fully saturated rings. The second-order valence-electron chi connectivity index (χ2n) is 8.43. The number of allylic oxidation sites excluding steroid dienone is 1. The summed E-state index contributed by atoms with van der Waals surface area (Å²) in [7, 11) is 0. The third kappa shape index (κ3) is 7.74. The Kier molecular flexibility index (Phi) is 9.71. The molecular weight excluding hydrogens is 525 g/mol. The molecule has 0 aliphatic rings. The number of carbonyl (C=O) groups is 2. The second kappa shape index (κ2) is 13.2. The molecule has 0 aromatic heterocycles. The Hall–Kier alpha value is -5.04. The fourth-order valence-corrected chi connectivity index (χ4v) is 3.69. The zero-order chi connectivity index (χ0) is 29.3. The predicted octanol–water partition coefficient (Wildman–Crippen LogP) is 6.66. The highest BCUT2D eigenvalue weighted by Crippen LogP contribution is 2.36. The molecule has 3 aromatic rings. The maximum atomic E-state index is 13.0. The normalized spacial score (nSPS) is 11.3. The molecule has 0 atom stereocenters. The molecular formula is C30H25F3N2O5. The first-order valence-electron chi connectivity index (χ1n) is 12.0. The maximum absolute atomic E-state index is 13.0. The van der Waals surface area contributed by atoms with Gasteiger partial charge in [0.25, 0.3) is 5.91 Å². The lowest BCUT2D eigenvalue weighted by molar-refractivity contribution is -0.137. The van der Waals surface area contributed by atoms with E-state index in [-0.39, 0.29) is 30.0 Å². The third-order valence-electron chi connectivity index (χ3n) is 5.53. The highest BCUT2D eigenvalue weighted by atomic mass is 19.4. The summed E-state index contributed by atoms with van der Waals surface area (Å²) < 4.78 is 50.9. The largest absolute Gasteiger partial charge is 0.490 e. The topological polar surface area (TPSA) is 109 Å². The van der Waals surface area contributed by atoms with Gasteiger partial charge in [-0.05, 0) is 73.0 Å². The number of anilines is 1. The molecule has 10 heteroatoms. The molecule has 2 N–H and O–H groups in total. The summed E-state index contributed by atoms with van der Waals surface area (Å²) in [6.45, 7) is 5.93. The van der Waals surface area contributed by atoms with E-state index in [1.807, 2.05) is 0 Å². The Bertz CT molecular complexity index is 1470. The Labute approximate surface area is 228 Å². The lowest BCUT2D eigenvalue weighted by Crippen LogP contribution is -2.14. The number of nitrogens with zero attached hydrogens (tertiary/aromatic N) is 1. The van der Waals surface area contributed by atoms with Crippen LogP contribution in [0.2, 0.25) is 0 Å². The van der Waals surface area contributed by atoms with Crippen molar-refractivity contribution in [1.82, 2.24) is 0 Å². The first kappa shape index (κ1) is 29.5. The summed E-state index contributed by atoms with van der Waals surface area (Å²) in [5.74, 6) is -1.17. The van der Waals surface area contributed by atoms with Crippen LogP contribution in [0.4, 0.5) is 18.9 Å². The minimum Gasteiger partial charge on any atom is -0.490 e. The van der Waals surface area contributed by atoms with E-state index in [9.17, 15) is 28.0 Å². The van der Waals surface area contributed by atoms with Gasteiger partial charge in [0.05, 0.1) is 17.7 Å². The highest BCUT2D eigenvalue weighted by molar-refractivity contribution is 6.09. The van der Waals surface area contributed by atoms with E-state index in [1.54, 1.807) is 43.3 Å². The number of carboxylic acids is 1. The quantitative estimate of drug-likeness (QED) is 0.157. The van der Waals surface area contributed by atoms with Crippen LogP contribution < -0.4 is 14.8 Å². The van der Waals surface area contributed by atoms with Crippen LogP contribution in [0.3, 0.4) is 0 Å². The van der Waals surface area contributed by atoms with E-state index < -0.39 is 23.6 Å². The monoisotopic (exact) mass is 550 g/mol. The molecule has 3 aromatic carbocycles. The predicted molar refractivity (Wildman–Crippen MR) is 143 cm³/mol. The zero-order valence-corrected chi connectivity index (χ0v) is 21.4. The number of nitriles is 1. The number of hydrogen-bond acceptors (Lipinski definition) is 5. The molecule has 0 heterocycles. The number of nitrogens with one attached hydrogen (secondary N) is 1. The summed E-state index contributed by atoms with van der Waals surface area (Å²) in [5.41, 5.74) is 0.558. The summed E-state index contributed by atoms with van der Waals surface area (Å²) in [4.78, 5) is 23.8. The fourth-order valence-electron chi connectivity index (χ4n) is 3.69. The average Bonchev–Trinajstić information content (AvgIpc) is 2.91. The van der Waals surface area contributed by atoms with Gasteiger partial charge in [-0.15, -0.1) is 6.58 Å². The summed E-state index contributed by atoms with van der Waals surface area (Å²) in [6, 6.07) is 15.4. The Morgan fingerprint density at radius 3 is 2.42 bits per heavy atom. The van der Waals surface area contributed by atoms with Crippen LogP contribution in [0.1, 0.15) is 39.5 Å². The van der Waals surface area contributed by atoms with Crippen molar-refractivity contribution in [3.05, 3.63) is 107 Å². The van der Waals surface area contributed by atoms with Gasteiger partial charge in [0, 0.05) is 11.3 Å². The van der Waals surface area contributed by atoms with Crippen molar-refractivity contribution in [3.63, 3.8) is 0 Å². The van der Waals surface area contributed by atoms with Gasteiger partial charge in [-0.1, -0.05) is 24.3 Å². The molecule has 0 radical (unpaired) electrons. The van der Waals surface area contributed by atoms with Gasteiger partial charge in [-0.2, -0.15) is 18.4 Å². The minimum atomic E-state index is -4.59. The second-order valence-corrected chi connectivity index (χ2v) is 8.43. The number of carboxylic acid groups (broad SMARTS) is 1. The number of benzene rings is 3. The van der Waals surface area contributed by atoms with E-state index in [0.29, 0.717) is 29.0 Å². The lowest BCUT2D eigenvalue weighted by Gasteiger charge is -2.17. The van der Waals surface area contributed by atoms with Gasteiger partial charge in [0.15, 0.2) is 11.5 Å². The van der Waals surface area contributed by atoms with Crippen molar-refractivity contribution >= 4 is 23.6 Å². The molecule has 0 spiro atoms. The fraction of sp³-hybridized carbons (Fsp3) is 0.167. The van der Waals surface area contributed by atoms with Gasteiger partial charge < -0.3 is 19.9 Å². The lowest BCUT2D eigenvalue weighted by atomic mass is 10.0. The van der Waals surface area contributed by atoms with Crippen LogP contribution in [0.25, 0.3) is 6.08 Å². The van der Waals surface area contributed by atoms with Gasteiger partial charge in [-0.25, -0.2) is 4.79 Å². The smallest absolute Gasteiger partial charge is 0.416 e. The first-order chi connectivity index (χ1) is 19.0. The summed E-state index contributed by atoms with van der Waals surface area (Å²) in [5, 5.41) is 21.0. The SMILES string of the molecule is C=CCc1cc(/C=C(\C#N)C(=O)Nc2cccc(C(F)(F)F)c2)cc(OCC)c1OCc1ccc(C(=O)O)cc1. The minimum absolute atomic E-state index is 0.108. The third-order valence-corrected chi connectivity index (χ3v) is 5.53. The van der Waals surface area contributed by atoms with Crippen LogP contribution >= 0.6 is 0 Å². The number of alkyl halides is 3. The molecule has 206 valence electrons. The van der Waals surface area contributed by atoms with Gasteiger partial charge in [-0.3, -0.25) is 4.79 Å². The Morgan fingerprint density at radius 2 is 1.82 bits per heavy atom. The number of hydrogen-bond donors (Lipinski definition) is 2. The van der Waals surface area contributed by atoms with Crippen LogP contribution in [0.5, 0.6) is 11.5 Å². The van der Waals surface area contributed by atoms with Crippen LogP contribution in [0, 0.1) is 11.3 Å². The van der Waals surface area contributed by atoms with E-state index in [0.717, 1.165) is 23.8 Å². The number of rotatable bonds is 11. The van der Waals surface area contributed by atoms with Crippen LogP contribution in [-0.2, 0) is 24.0 Å². The molecule has 0 saturated heterocycles. The zero-order valence-electron chi connectivity index (χ0n) is 21.4. The molecule has 40 heavy (non-hydrogen) atoms. The number of halogens is 3. The molecule has 0 saturated carbocycles. The Morgan fingerprint density at radius 1 is 1.10 bits per heavy atom. The summed E-state index contributed by atoms with van der Waals surface area (Å²) in [6.07, 6.45) is -1.30. The first-order valence-corrected chi connectivity index (χ1v) is 12.0. The average molecular weight is 551 g/mol. The van der Waals surface area contributed by atoms with Crippen molar-refractivity contribution in [3.8, 4) is 17.6 Å². The van der Waals surface area contributed by atoms with Crippen molar-refractivity contribution in [2.24, 2.45) is 0 Å². The van der Waals surface area contributed by atoms with Crippen molar-refractivity contribution in [1.29, 1.82) is 5.26 Å². The molecule has 3 rings (SSSR count). The number of carbonyl (C=O) groups excluding carboxylic acids is 1. The molecule has 0 aliphatic carbocycles. The highest BCUT2D eigenvalue weighted by Gasteiger charge is 2.30. The molecule has 1 amide bonds. The Balaban J connectivity index is 1.90. The summed E-state index contributed by atoms with van der Waals surface area (Å²) >= 11 is 0. The molecule has 0 unspecified atom stereocenters. The van der Waals surface area contributed by atoms with E-state index in [1.165, 1.54) is 24.3 Å². The van der Waals surface area contributed by atoms with E-state index >= 15 is 0 Å². The van der Waals surface area contributed by atoms with E-state index in [2.05, 4.69) is 11.9 Å². The number of amides is 1. The van der Waals surface area contributed by atoms with Crippen molar-refractivity contribution in [2.45, 2.75) is 26.1 Å². The number of ether oxygens (including phenoxy) is 2. The standard InChI is InChI=1S/C30H25F3N2O5/c1-3-6-22-13-20(14-23(17-34)28(36)35-25-8-5-7-24(16-25)30(31,32)33)15-26(39-4-2)27(22)40-18-19-9-11-21(12-10-19)29(37)38/h3,5,7-16H,1,4,6,18H2,2H3,(H,35,36)(H,37,38)/b23-14+. The van der Waals surface area contributed by atoms with Gasteiger partial charge in [0.2, 0.25) is 0 Å². The van der Waals surface area contributed by atoms with E-state index in [4.69, 9.17) is 14.6 Å². The molecule has 0 bridgehead atoms. The molecule has 7 nitrogen and oxygen atoms in total. The van der Waals surface area contributed by atoms with Gasteiger partial charge >= 0.3 is 12.1 Å². The van der Waals surface area contributed by atoms with Crippen molar-refractivity contribution < 1.29 is 37.3 Å². The number of aromatic carboxylic acids is 1. The van der Waals surface area contributed by atoms with Gasteiger partial charge in [0.1, 0.15) is 18.2 Å². The molecule has 0 aliphatic heterocycles. The maximum Gasteiger partial charge on any atom is 0.416 e. The van der Waals surface area contributed by atoms with Crippen LogP contribution in [-0.4, -0.2) is 23.6 Å². The van der Waals surface area contributed by atoms with Crippen LogP contribution in [0.15, 0.2) is 78.9 Å².